The van der Waals surface area contributed by atoms with Crippen molar-refractivity contribution < 1.29 is 18.0 Å². The van der Waals surface area contributed by atoms with E-state index < -0.39 is 23.2 Å². The Balaban J connectivity index is 2.28. The quantitative estimate of drug-likeness (QED) is 0.710. The van der Waals surface area contributed by atoms with Gasteiger partial charge in [0.25, 0.3) is 5.91 Å². The first-order valence-electron chi connectivity index (χ1n) is 6.11. The number of rotatable bonds is 3. The molecule has 1 amide bonds. The zero-order valence-corrected chi connectivity index (χ0v) is 14.4. The molecule has 0 aliphatic carbocycles. The molecule has 0 aliphatic rings. The van der Waals surface area contributed by atoms with Crippen LogP contribution in [0.4, 0.5) is 13.2 Å². The second kappa shape index (κ2) is 7.31. The number of carbonyl (C=O) groups is 1. The fourth-order valence-electron chi connectivity index (χ4n) is 1.77. The van der Waals surface area contributed by atoms with Crippen molar-refractivity contribution in [2.45, 2.75) is 12.7 Å². The molecule has 0 unspecified atom stereocenters. The minimum atomic E-state index is -4.70. The molecule has 0 saturated heterocycles. The summed E-state index contributed by atoms with van der Waals surface area (Å²) in [5, 5.41) is 1.86. The van der Waals surface area contributed by atoms with Gasteiger partial charge in [-0.1, -0.05) is 46.4 Å². The summed E-state index contributed by atoms with van der Waals surface area (Å²) in [7, 11) is 0. The summed E-state index contributed by atoms with van der Waals surface area (Å²) in [6, 6.07) is 0.703. The van der Waals surface area contributed by atoms with Crippen molar-refractivity contribution in [3.05, 3.63) is 55.5 Å². The molecule has 0 bridgehead atoms. The Morgan fingerprint density at radius 2 is 1.71 bits per heavy atom. The highest BCUT2D eigenvalue weighted by molar-refractivity contribution is 6.46. The summed E-state index contributed by atoms with van der Waals surface area (Å²) >= 11 is 23.3. The van der Waals surface area contributed by atoms with Crippen molar-refractivity contribution in [2.75, 3.05) is 0 Å². The highest BCUT2D eigenvalue weighted by atomic mass is 35.5. The Kier molecular flexibility index (Phi) is 5.80. The summed E-state index contributed by atoms with van der Waals surface area (Å²) in [6.07, 6.45) is -2.95. The third-order valence-electron chi connectivity index (χ3n) is 2.89. The van der Waals surface area contributed by atoms with Gasteiger partial charge in [0.05, 0.1) is 21.2 Å². The van der Waals surface area contributed by atoms with Gasteiger partial charge in [-0.2, -0.15) is 13.2 Å². The topological polar surface area (TPSA) is 54.9 Å². The second-order valence-electron chi connectivity index (χ2n) is 4.40. The molecule has 24 heavy (non-hydrogen) atoms. The van der Waals surface area contributed by atoms with Gasteiger partial charge in [0.2, 0.25) is 0 Å². The number of carbonyl (C=O) groups excluding carboxylic acids is 1. The van der Waals surface area contributed by atoms with Crippen molar-refractivity contribution in [1.29, 1.82) is 0 Å². The number of alkyl halides is 3. The van der Waals surface area contributed by atoms with Crippen molar-refractivity contribution >= 4 is 52.3 Å². The molecule has 0 aliphatic heterocycles. The van der Waals surface area contributed by atoms with Gasteiger partial charge in [-0.3, -0.25) is 9.78 Å². The number of nitrogens with one attached hydrogen (secondary N) is 1. The fraction of sp³-hybridized carbons (Fsp3) is 0.154. The lowest BCUT2D eigenvalue weighted by atomic mass is 10.1. The van der Waals surface area contributed by atoms with Gasteiger partial charge in [-0.25, -0.2) is 4.98 Å². The van der Waals surface area contributed by atoms with Crippen LogP contribution in [0.25, 0.3) is 0 Å². The van der Waals surface area contributed by atoms with E-state index in [0.29, 0.717) is 6.07 Å². The maximum Gasteiger partial charge on any atom is 0.417 e. The van der Waals surface area contributed by atoms with Crippen LogP contribution in [0, 0.1) is 0 Å². The van der Waals surface area contributed by atoms with E-state index in [1.807, 2.05) is 0 Å². The van der Waals surface area contributed by atoms with Crippen LogP contribution in [-0.4, -0.2) is 15.9 Å². The molecule has 0 aromatic carbocycles. The zero-order valence-electron chi connectivity index (χ0n) is 11.4. The van der Waals surface area contributed by atoms with E-state index in [1.54, 1.807) is 0 Å². The Labute approximate surface area is 153 Å². The van der Waals surface area contributed by atoms with Crippen molar-refractivity contribution in [1.82, 2.24) is 15.3 Å². The average molecular weight is 419 g/mol. The monoisotopic (exact) mass is 417 g/mol. The molecule has 4 nitrogen and oxygen atoms in total. The molecular formula is C13H6Cl4F3N3O. The number of hydrogen-bond acceptors (Lipinski definition) is 3. The lowest BCUT2D eigenvalue weighted by Gasteiger charge is -2.13. The number of aromatic nitrogens is 2. The molecule has 0 fully saturated rings. The van der Waals surface area contributed by atoms with Crippen LogP contribution >= 0.6 is 46.4 Å². The van der Waals surface area contributed by atoms with Crippen LogP contribution in [0.5, 0.6) is 0 Å². The van der Waals surface area contributed by atoms with E-state index in [-0.39, 0.29) is 32.5 Å². The predicted octanol–water partition coefficient (Wildman–Crippen LogP) is 5.04. The predicted molar refractivity (Wildman–Crippen MR) is 84.7 cm³/mol. The molecule has 0 spiro atoms. The molecule has 11 heteroatoms. The van der Waals surface area contributed by atoms with E-state index in [4.69, 9.17) is 46.4 Å². The maximum atomic E-state index is 12.9. The number of amides is 1. The smallest absolute Gasteiger partial charge is 0.348 e. The Morgan fingerprint density at radius 1 is 1.12 bits per heavy atom. The second-order valence-corrected chi connectivity index (χ2v) is 5.87. The fourth-order valence-corrected chi connectivity index (χ4v) is 2.67. The maximum absolute atomic E-state index is 12.9. The lowest BCUT2D eigenvalue weighted by molar-refractivity contribution is -0.138. The van der Waals surface area contributed by atoms with Gasteiger partial charge in [0.1, 0.15) is 10.3 Å². The van der Waals surface area contributed by atoms with Gasteiger partial charge < -0.3 is 5.32 Å². The number of nitrogens with zero attached hydrogens (tertiary/aromatic N) is 2. The third-order valence-corrected chi connectivity index (χ3v) is 4.44. The van der Waals surface area contributed by atoms with E-state index in [1.165, 1.54) is 0 Å². The normalized spacial score (nSPS) is 11.5. The largest absolute Gasteiger partial charge is 0.417 e. The Morgan fingerprint density at radius 3 is 2.25 bits per heavy atom. The van der Waals surface area contributed by atoms with Gasteiger partial charge in [-0.15, -0.1) is 0 Å². The van der Waals surface area contributed by atoms with Crippen LogP contribution in [0.2, 0.25) is 20.4 Å². The molecule has 2 rings (SSSR count). The van der Waals surface area contributed by atoms with Gasteiger partial charge >= 0.3 is 6.18 Å². The number of hydrogen-bond donors (Lipinski definition) is 1. The number of halogens is 7. The van der Waals surface area contributed by atoms with E-state index >= 15 is 0 Å². The van der Waals surface area contributed by atoms with Crippen LogP contribution in [-0.2, 0) is 12.7 Å². The first kappa shape index (κ1) is 19.1. The minimum Gasteiger partial charge on any atom is -0.348 e. The average Bonchev–Trinajstić information content (AvgIpc) is 2.52. The summed E-state index contributed by atoms with van der Waals surface area (Å²) in [5.41, 5.74) is -1.62. The highest BCUT2D eigenvalue weighted by Crippen LogP contribution is 2.35. The van der Waals surface area contributed by atoms with Gasteiger partial charge in [0.15, 0.2) is 0 Å². The molecule has 128 valence electrons. The van der Waals surface area contributed by atoms with Crippen LogP contribution in [0.15, 0.2) is 18.5 Å². The molecule has 2 aromatic heterocycles. The summed E-state index contributed by atoms with van der Waals surface area (Å²) in [6.45, 7) is -0.301. The summed E-state index contributed by atoms with van der Waals surface area (Å²) in [5.74, 6) is -1.01. The van der Waals surface area contributed by atoms with Crippen LogP contribution in [0.1, 0.15) is 21.5 Å². The van der Waals surface area contributed by atoms with E-state index in [2.05, 4.69) is 15.3 Å². The van der Waals surface area contributed by atoms with Crippen LogP contribution < -0.4 is 5.32 Å². The molecule has 2 heterocycles. The zero-order chi connectivity index (χ0) is 18.1. The van der Waals surface area contributed by atoms with E-state index in [0.717, 1.165) is 12.4 Å². The number of pyridine rings is 2. The summed E-state index contributed by atoms with van der Waals surface area (Å²) in [4.78, 5) is 19.3. The van der Waals surface area contributed by atoms with Crippen LogP contribution in [0.3, 0.4) is 0 Å². The van der Waals surface area contributed by atoms with Crippen molar-refractivity contribution in [2.24, 2.45) is 0 Å². The SMILES string of the molecule is O=C(NCc1c(Cl)c(Cl)nc(Cl)c1Cl)c1cnccc1C(F)(F)F. The Hall–Kier alpha value is -1.28. The van der Waals surface area contributed by atoms with Crippen molar-refractivity contribution in [3.63, 3.8) is 0 Å². The third kappa shape index (κ3) is 4.03. The Bertz CT molecular complexity index is 773. The minimum absolute atomic E-state index is 0.0615. The highest BCUT2D eigenvalue weighted by Gasteiger charge is 2.35. The molecule has 1 N–H and O–H groups in total. The van der Waals surface area contributed by atoms with Gasteiger partial charge in [-0.05, 0) is 6.07 Å². The molecule has 0 atom stereocenters. The van der Waals surface area contributed by atoms with Crippen molar-refractivity contribution in [3.8, 4) is 0 Å². The first-order chi connectivity index (χ1) is 11.1. The van der Waals surface area contributed by atoms with E-state index in [9.17, 15) is 18.0 Å². The molecule has 2 aromatic rings. The van der Waals surface area contributed by atoms with Gasteiger partial charge in [0, 0.05) is 24.5 Å². The standard InChI is InChI=1S/C13H6Cl4F3N3O/c14-8-6(9(15)11(17)23-10(8)16)4-22-12(24)5-3-21-2-1-7(5)13(18,19)20/h1-3H,4H2,(H,22,24). The molecule has 0 saturated carbocycles. The molecular weight excluding hydrogens is 413 g/mol. The first-order valence-corrected chi connectivity index (χ1v) is 7.62. The lowest BCUT2D eigenvalue weighted by Crippen LogP contribution is -2.26. The summed E-state index contributed by atoms with van der Waals surface area (Å²) < 4.78 is 38.7. The molecule has 0 radical (unpaired) electrons.